The van der Waals surface area contributed by atoms with E-state index < -0.39 is 17.4 Å². The second-order valence-electron chi connectivity index (χ2n) is 2.71. The van der Waals surface area contributed by atoms with E-state index in [1.807, 2.05) is 0 Å². The van der Waals surface area contributed by atoms with Crippen molar-refractivity contribution in [3.05, 3.63) is 12.2 Å². The van der Waals surface area contributed by atoms with Gasteiger partial charge in [0.15, 0.2) is 0 Å². The van der Waals surface area contributed by atoms with Crippen molar-refractivity contribution in [3.63, 3.8) is 0 Å². The van der Waals surface area contributed by atoms with Gasteiger partial charge in [-0.2, -0.15) is 0 Å². The van der Waals surface area contributed by atoms with Gasteiger partial charge in [-0.25, -0.2) is 4.79 Å². The molecule has 0 aliphatic heterocycles. The van der Waals surface area contributed by atoms with E-state index in [2.05, 4.69) is 6.58 Å². The molecule has 2 N–H and O–H groups in total. The second-order valence-corrected chi connectivity index (χ2v) is 2.71. The Morgan fingerprint density at radius 3 is 1.73 bits per heavy atom. The summed E-state index contributed by atoms with van der Waals surface area (Å²) in [5.74, 6) is -2.47. The smallest absolute Gasteiger partial charge is 0.332 e. The van der Waals surface area contributed by atoms with Gasteiger partial charge in [-0.05, 0) is 13.8 Å². The lowest BCUT2D eigenvalue weighted by Crippen LogP contribution is -2.29. The van der Waals surface area contributed by atoms with Crippen LogP contribution in [-0.2, 0) is 9.59 Å². The van der Waals surface area contributed by atoms with Gasteiger partial charge in [0.1, 0.15) is 0 Å². The van der Waals surface area contributed by atoms with Gasteiger partial charge < -0.3 is 10.2 Å². The Kier molecular flexibility index (Phi) is 2.41. The maximum absolute atomic E-state index is 10.4. The largest absolute Gasteiger partial charge is 0.481 e. The summed E-state index contributed by atoms with van der Waals surface area (Å²) < 4.78 is 0. The summed E-state index contributed by atoms with van der Waals surface area (Å²) in [5, 5.41) is 16.9. The van der Waals surface area contributed by atoms with Gasteiger partial charge >= 0.3 is 11.9 Å². The summed E-state index contributed by atoms with van der Waals surface area (Å²) in [5.41, 5.74) is -1.71. The molecule has 0 saturated heterocycles. The van der Waals surface area contributed by atoms with E-state index in [0.717, 1.165) is 0 Å². The van der Waals surface area contributed by atoms with Crippen LogP contribution in [0.25, 0.3) is 0 Å². The number of hydrogen-bond acceptors (Lipinski definition) is 2. The predicted octanol–water partition coefficient (Wildman–Crippen LogP) is 0.738. The van der Waals surface area contributed by atoms with Crippen molar-refractivity contribution in [1.82, 2.24) is 0 Å². The van der Waals surface area contributed by atoms with E-state index in [1.54, 1.807) is 0 Å². The van der Waals surface area contributed by atoms with Crippen molar-refractivity contribution in [2.45, 2.75) is 13.8 Å². The van der Waals surface area contributed by atoms with Crippen LogP contribution in [0.3, 0.4) is 0 Å². The zero-order valence-corrected chi connectivity index (χ0v) is 6.42. The van der Waals surface area contributed by atoms with Crippen molar-refractivity contribution < 1.29 is 19.8 Å². The van der Waals surface area contributed by atoms with Gasteiger partial charge in [0.05, 0.1) is 5.41 Å². The quantitative estimate of drug-likeness (QED) is 0.594. The molecule has 0 aromatic rings. The van der Waals surface area contributed by atoms with E-state index in [-0.39, 0.29) is 5.57 Å². The van der Waals surface area contributed by atoms with Gasteiger partial charge in [-0.15, -0.1) is 0 Å². The highest BCUT2D eigenvalue weighted by Gasteiger charge is 2.34. The number of carboxylic acid groups (broad SMARTS) is 2. The lowest BCUT2D eigenvalue weighted by Gasteiger charge is -2.18. The molecule has 0 aromatic carbocycles. The Morgan fingerprint density at radius 2 is 1.64 bits per heavy atom. The SMILES string of the molecule is C=C(C(=O)O)C(C)(C)C(=O)O. The molecule has 0 aromatic heterocycles. The van der Waals surface area contributed by atoms with E-state index in [9.17, 15) is 9.59 Å². The molecule has 0 unspecified atom stereocenters. The second kappa shape index (κ2) is 2.74. The number of carboxylic acids is 2. The molecule has 0 radical (unpaired) electrons. The molecule has 4 nitrogen and oxygen atoms in total. The topological polar surface area (TPSA) is 74.6 Å². The van der Waals surface area contributed by atoms with Gasteiger partial charge in [0.2, 0.25) is 0 Å². The minimum atomic E-state index is -1.40. The lowest BCUT2D eigenvalue weighted by atomic mass is 9.85. The molecule has 0 fully saturated rings. The van der Waals surface area contributed by atoms with Crippen LogP contribution in [-0.4, -0.2) is 22.2 Å². The van der Waals surface area contributed by atoms with E-state index >= 15 is 0 Å². The molecule has 4 heteroatoms. The standard InChI is InChI=1S/C7H10O4/c1-4(5(8)9)7(2,3)6(10)11/h1H2,2-3H3,(H,8,9)(H,10,11). The fourth-order valence-electron chi connectivity index (χ4n) is 0.396. The zero-order chi connectivity index (χ0) is 9.23. The van der Waals surface area contributed by atoms with E-state index in [0.29, 0.717) is 0 Å². The average Bonchev–Trinajstić information content (AvgIpc) is 1.85. The summed E-state index contributed by atoms with van der Waals surface area (Å²) in [6, 6.07) is 0. The van der Waals surface area contributed by atoms with Gasteiger partial charge in [0.25, 0.3) is 0 Å². The highest BCUT2D eigenvalue weighted by molar-refractivity contribution is 5.95. The van der Waals surface area contributed by atoms with Crippen molar-refractivity contribution in [2.75, 3.05) is 0 Å². The lowest BCUT2D eigenvalue weighted by molar-refractivity contribution is -0.148. The normalized spacial score (nSPS) is 10.7. The van der Waals surface area contributed by atoms with Gasteiger partial charge in [-0.3, -0.25) is 4.79 Å². The summed E-state index contributed by atoms with van der Waals surface area (Å²) in [7, 11) is 0. The summed E-state index contributed by atoms with van der Waals surface area (Å²) in [4.78, 5) is 20.7. The van der Waals surface area contributed by atoms with Crippen molar-refractivity contribution in [3.8, 4) is 0 Å². The number of rotatable bonds is 3. The summed E-state index contributed by atoms with van der Waals surface area (Å²) >= 11 is 0. The Labute approximate surface area is 64.2 Å². The van der Waals surface area contributed by atoms with Crippen molar-refractivity contribution >= 4 is 11.9 Å². The highest BCUT2D eigenvalue weighted by atomic mass is 16.4. The fourth-order valence-corrected chi connectivity index (χ4v) is 0.396. The van der Waals surface area contributed by atoms with E-state index in [1.165, 1.54) is 13.8 Å². The summed E-state index contributed by atoms with van der Waals surface area (Å²) in [6.45, 7) is 5.76. The van der Waals surface area contributed by atoms with Crippen LogP contribution in [0, 0.1) is 5.41 Å². The molecule has 62 valence electrons. The molecule has 0 amide bonds. The average molecular weight is 158 g/mol. The number of hydrogen-bond donors (Lipinski definition) is 2. The first kappa shape index (κ1) is 9.68. The molecule has 0 rings (SSSR count). The van der Waals surface area contributed by atoms with E-state index in [4.69, 9.17) is 10.2 Å². The van der Waals surface area contributed by atoms with Crippen LogP contribution in [0.5, 0.6) is 0 Å². The Bertz CT molecular complexity index is 214. The maximum atomic E-state index is 10.4. The van der Waals surface area contributed by atoms with Gasteiger partial charge in [-0.1, -0.05) is 6.58 Å². The third-order valence-corrected chi connectivity index (χ3v) is 1.55. The molecule has 0 atom stereocenters. The molecule has 0 bridgehead atoms. The van der Waals surface area contributed by atoms with Crippen LogP contribution in [0.15, 0.2) is 12.2 Å². The van der Waals surface area contributed by atoms with Crippen LogP contribution in [0.4, 0.5) is 0 Å². The molecular formula is C7H10O4. The van der Waals surface area contributed by atoms with Crippen LogP contribution in [0.2, 0.25) is 0 Å². The fraction of sp³-hybridized carbons (Fsp3) is 0.429. The molecular weight excluding hydrogens is 148 g/mol. The van der Waals surface area contributed by atoms with Crippen LogP contribution >= 0.6 is 0 Å². The minimum Gasteiger partial charge on any atom is -0.481 e. The Morgan fingerprint density at radius 1 is 1.27 bits per heavy atom. The minimum absolute atomic E-state index is 0.315. The maximum Gasteiger partial charge on any atom is 0.332 e. The Hall–Kier alpha value is -1.32. The molecule has 0 aliphatic rings. The highest BCUT2D eigenvalue weighted by Crippen LogP contribution is 2.24. The Balaban J connectivity index is 4.70. The predicted molar refractivity (Wildman–Crippen MR) is 38.2 cm³/mol. The molecule has 0 saturated carbocycles. The van der Waals surface area contributed by atoms with Crippen LogP contribution in [0.1, 0.15) is 13.8 Å². The molecule has 0 spiro atoms. The third kappa shape index (κ3) is 1.80. The molecule has 11 heavy (non-hydrogen) atoms. The van der Waals surface area contributed by atoms with Crippen LogP contribution < -0.4 is 0 Å². The number of carbonyl (C=O) groups is 2. The first-order chi connectivity index (χ1) is 4.80. The van der Waals surface area contributed by atoms with Gasteiger partial charge in [0, 0.05) is 5.57 Å². The zero-order valence-electron chi connectivity index (χ0n) is 6.42. The van der Waals surface area contributed by atoms with Crippen molar-refractivity contribution in [1.29, 1.82) is 0 Å². The molecule has 0 heterocycles. The monoisotopic (exact) mass is 158 g/mol. The van der Waals surface area contributed by atoms with Crippen molar-refractivity contribution in [2.24, 2.45) is 5.41 Å². The third-order valence-electron chi connectivity index (χ3n) is 1.55. The first-order valence-electron chi connectivity index (χ1n) is 2.96. The summed E-state index contributed by atoms with van der Waals surface area (Å²) in [6.07, 6.45) is 0. The first-order valence-corrected chi connectivity index (χ1v) is 2.96. The molecule has 0 aliphatic carbocycles. The number of aliphatic carboxylic acids is 2.